The highest BCUT2D eigenvalue weighted by atomic mass is 19.1. The summed E-state index contributed by atoms with van der Waals surface area (Å²) < 4.78 is 13.1. The highest BCUT2D eigenvalue weighted by molar-refractivity contribution is 5.98. The first-order chi connectivity index (χ1) is 12.4. The van der Waals surface area contributed by atoms with E-state index in [9.17, 15) is 18.8 Å². The molecule has 0 aliphatic carbocycles. The lowest BCUT2D eigenvalue weighted by molar-refractivity contribution is -0.141. The number of halogens is 1. The maximum Gasteiger partial charge on any atom is 0.325 e. The van der Waals surface area contributed by atoms with Gasteiger partial charge in [-0.15, -0.1) is 0 Å². The number of aliphatic carboxylic acids is 1. The second-order valence-electron chi connectivity index (χ2n) is 5.79. The monoisotopic (exact) mass is 358 g/mol. The Morgan fingerprint density at radius 3 is 2.19 bits per heavy atom. The normalized spacial score (nSPS) is 12.7. The standard InChI is InChI=1S/C19H19FN2O4/c1-12(19(25)26)21-18(24)16(11-13-7-9-15(20)10-8-13)22-17(23)14-5-3-2-4-6-14/h2-10,12,16H,11H2,1H3,(H,21,24)(H,22,23)(H,25,26)/t12-,16+/m1/s1. The number of carboxylic acids is 1. The molecule has 0 heterocycles. The highest BCUT2D eigenvalue weighted by Gasteiger charge is 2.25. The molecule has 0 unspecified atom stereocenters. The first-order valence-electron chi connectivity index (χ1n) is 8.00. The molecule has 0 aliphatic rings. The van der Waals surface area contributed by atoms with Crippen molar-refractivity contribution < 1.29 is 23.9 Å². The van der Waals surface area contributed by atoms with E-state index in [1.54, 1.807) is 30.3 Å². The Labute approximate surface area is 150 Å². The smallest absolute Gasteiger partial charge is 0.325 e. The molecule has 0 radical (unpaired) electrons. The molecule has 0 spiro atoms. The fourth-order valence-corrected chi connectivity index (χ4v) is 2.27. The van der Waals surface area contributed by atoms with E-state index < -0.39 is 35.7 Å². The number of carbonyl (C=O) groups is 3. The van der Waals surface area contributed by atoms with Crippen LogP contribution in [-0.4, -0.2) is 35.0 Å². The summed E-state index contributed by atoms with van der Waals surface area (Å²) in [6.45, 7) is 1.33. The van der Waals surface area contributed by atoms with Gasteiger partial charge in [-0.1, -0.05) is 30.3 Å². The summed E-state index contributed by atoms with van der Waals surface area (Å²) in [5, 5.41) is 13.9. The number of amides is 2. The molecule has 2 aromatic carbocycles. The minimum absolute atomic E-state index is 0.0943. The van der Waals surface area contributed by atoms with Crippen LogP contribution >= 0.6 is 0 Å². The number of hydrogen-bond donors (Lipinski definition) is 3. The summed E-state index contributed by atoms with van der Waals surface area (Å²) in [7, 11) is 0. The molecule has 2 atom stereocenters. The quantitative estimate of drug-likeness (QED) is 0.703. The van der Waals surface area contributed by atoms with Gasteiger partial charge in [0.2, 0.25) is 5.91 Å². The molecule has 136 valence electrons. The molecular weight excluding hydrogens is 339 g/mol. The molecule has 0 aliphatic heterocycles. The van der Waals surface area contributed by atoms with E-state index in [4.69, 9.17) is 5.11 Å². The highest BCUT2D eigenvalue weighted by Crippen LogP contribution is 2.08. The maximum atomic E-state index is 13.1. The van der Waals surface area contributed by atoms with Gasteiger partial charge in [0.15, 0.2) is 0 Å². The average Bonchev–Trinajstić information content (AvgIpc) is 2.63. The minimum atomic E-state index is -1.19. The average molecular weight is 358 g/mol. The summed E-state index contributed by atoms with van der Waals surface area (Å²) in [5.74, 6) is -2.69. The second-order valence-corrected chi connectivity index (χ2v) is 5.79. The molecule has 0 aromatic heterocycles. The van der Waals surface area contributed by atoms with Gasteiger partial charge in [0, 0.05) is 12.0 Å². The first kappa shape index (κ1) is 19.1. The van der Waals surface area contributed by atoms with Crippen molar-refractivity contribution >= 4 is 17.8 Å². The van der Waals surface area contributed by atoms with E-state index in [1.807, 2.05) is 0 Å². The van der Waals surface area contributed by atoms with Gasteiger partial charge in [-0.2, -0.15) is 0 Å². The third-order valence-corrected chi connectivity index (χ3v) is 3.74. The summed E-state index contributed by atoms with van der Waals surface area (Å²) in [4.78, 5) is 35.7. The third-order valence-electron chi connectivity index (χ3n) is 3.74. The summed E-state index contributed by atoms with van der Waals surface area (Å²) >= 11 is 0. The zero-order chi connectivity index (χ0) is 19.1. The fraction of sp³-hybridized carbons (Fsp3) is 0.211. The summed E-state index contributed by atoms with van der Waals surface area (Å²) in [5.41, 5.74) is 0.999. The lowest BCUT2D eigenvalue weighted by Gasteiger charge is -2.20. The fourth-order valence-electron chi connectivity index (χ4n) is 2.27. The predicted octanol–water partition coefficient (Wildman–Crippen LogP) is 1.76. The van der Waals surface area contributed by atoms with Crippen LogP contribution in [0, 0.1) is 5.82 Å². The van der Waals surface area contributed by atoms with E-state index in [1.165, 1.54) is 31.2 Å². The Kier molecular flexibility index (Phi) is 6.43. The third kappa shape index (κ3) is 5.41. The number of hydrogen-bond acceptors (Lipinski definition) is 3. The zero-order valence-corrected chi connectivity index (χ0v) is 14.1. The van der Waals surface area contributed by atoms with Crippen LogP contribution < -0.4 is 10.6 Å². The summed E-state index contributed by atoms with van der Waals surface area (Å²) in [6, 6.07) is 11.7. The molecule has 2 aromatic rings. The van der Waals surface area contributed by atoms with Crippen molar-refractivity contribution in [1.82, 2.24) is 10.6 Å². The van der Waals surface area contributed by atoms with Gasteiger partial charge >= 0.3 is 5.97 Å². The second kappa shape index (κ2) is 8.75. The van der Waals surface area contributed by atoms with Crippen molar-refractivity contribution in [3.05, 3.63) is 71.5 Å². The zero-order valence-electron chi connectivity index (χ0n) is 14.1. The molecule has 3 N–H and O–H groups in total. The van der Waals surface area contributed by atoms with Gasteiger partial charge in [-0.05, 0) is 36.8 Å². The van der Waals surface area contributed by atoms with Crippen molar-refractivity contribution in [3.63, 3.8) is 0 Å². The molecule has 2 amide bonds. The molecule has 7 heteroatoms. The number of rotatable bonds is 7. The van der Waals surface area contributed by atoms with Gasteiger partial charge in [0.05, 0.1) is 0 Å². The Balaban J connectivity index is 2.17. The van der Waals surface area contributed by atoms with Crippen LogP contribution in [0.1, 0.15) is 22.8 Å². The Morgan fingerprint density at radius 1 is 1.00 bits per heavy atom. The Hall–Kier alpha value is -3.22. The maximum absolute atomic E-state index is 13.1. The SMILES string of the molecule is C[C@@H](NC(=O)[C@H](Cc1ccc(F)cc1)NC(=O)c1ccccc1)C(=O)O. The van der Waals surface area contributed by atoms with Gasteiger partial charge in [0.25, 0.3) is 5.91 Å². The van der Waals surface area contributed by atoms with Gasteiger partial charge < -0.3 is 15.7 Å². The molecule has 0 fully saturated rings. The lowest BCUT2D eigenvalue weighted by atomic mass is 10.0. The van der Waals surface area contributed by atoms with E-state index in [-0.39, 0.29) is 6.42 Å². The molecule has 26 heavy (non-hydrogen) atoms. The predicted molar refractivity (Wildman–Crippen MR) is 93.0 cm³/mol. The van der Waals surface area contributed by atoms with E-state index in [0.717, 1.165) is 0 Å². The van der Waals surface area contributed by atoms with Crippen LogP contribution in [0.15, 0.2) is 54.6 Å². The van der Waals surface area contributed by atoms with Crippen molar-refractivity contribution in [2.45, 2.75) is 25.4 Å². The number of nitrogens with one attached hydrogen (secondary N) is 2. The molecule has 0 saturated carbocycles. The lowest BCUT2D eigenvalue weighted by Crippen LogP contribution is -2.51. The largest absolute Gasteiger partial charge is 0.480 e. The van der Waals surface area contributed by atoms with Crippen LogP contribution in [0.2, 0.25) is 0 Å². The summed E-state index contributed by atoms with van der Waals surface area (Å²) in [6.07, 6.45) is 0.0943. The van der Waals surface area contributed by atoms with E-state index in [2.05, 4.69) is 10.6 Å². The topological polar surface area (TPSA) is 95.5 Å². The van der Waals surface area contributed by atoms with Crippen molar-refractivity contribution in [1.29, 1.82) is 0 Å². The van der Waals surface area contributed by atoms with Gasteiger partial charge in [-0.3, -0.25) is 14.4 Å². The number of carboxylic acid groups (broad SMARTS) is 1. The van der Waals surface area contributed by atoms with Crippen LogP contribution in [-0.2, 0) is 16.0 Å². The van der Waals surface area contributed by atoms with E-state index >= 15 is 0 Å². The van der Waals surface area contributed by atoms with Crippen molar-refractivity contribution in [2.24, 2.45) is 0 Å². The van der Waals surface area contributed by atoms with Crippen LogP contribution in [0.4, 0.5) is 4.39 Å². The van der Waals surface area contributed by atoms with Crippen LogP contribution in [0.25, 0.3) is 0 Å². The Morgan fingerprint density at radius 2 is 1.62 bits per heavy atom. The van der Waals surface area contributed by atoms with Crippen LogP contribution in [0.5, 0.6) is 0 Å². The molecule has 0 saturated heterocycles. The Bertz CT molecular complexity index is 778. The van der Waals surface area contributed by atoms with Crippen molar-refractivity contribution in [3.8, 4) is 0 Å². The number of benzene rings is 2. The van der Waals surface area contributed by atoms with Gasteiger partial charge in [-0.25, -0.2) is 4.39 Å². The minimum Gasteiger partial charge on any atom is -0.480 e. The molecule has 0 bridgehead atoms. The van der Waals surface area contributed by atoms with E-state index in [0.29, 0.717) is 11.1 Å². The molecule has 6 nitrogen and oxygen atoms in total. The molecular formula is C19H19FN2O4. The van der Waals surface area contributed by atoms with Crippen molar-refractivity contribution in [2.75, 3.05) is 0 Å². The first-order valence-corrected chi connectivity index (χ1v) is 8.00. The number of carbonyl (C=O) groups excluding carboxylic acids is 2. The van der Waals surface area contributed by atoms with Gasteiger partial charge in [0.1, 0.15) is 17.9 Å². The molecule has 2 rings (SSSR count). The van der Waals surface area contributed by atoms with Crippen LogP contribution in [0.3, 0.4) is 0 Å².